The van der Waals surface area contributed by atoms with Crippen LogP contribution < -0.4 is 10.8 Å². The van der Waals surface area contributed by atoms with Crippen LogP contribution in [0.15, 0.2) is 30.3 Å². The van der Waals surface area contributed by atoms with Gasteiger partial charge in [0.1, 0.15) is 6.79 Å². The van der Waals surface area contributed by atoms with Crippen molar-refractivity contribution >= 4 is 11.8 Å². The summed E-state index contributed by atoms with van der Waals surface area (Å²) in [7, 11) is 0. The zero-order valence-corrected chi connectivity index (χ0v) is 16.6. The van der Waals surface area contributed by atoms with Gasteiger partial charge in [0.25, 0.3) is 0 Å². The molecule has 0 radical (unpaired) electrons. The number of amides is 2. The second kappa shape index (κ2) is 12.5. The normalized spacial score (nSPS) is 16.5. The molecule has 0 aromatic heterocycles. The van der Waals surface area contributed by atoms with Crippen LogP contribution in [0.3, 0.4) is 0 Å². The van der Waals surface area contributed by atoms with Gasteiger partial charge in [-0.25, -0.2) is 5.48 Å². The van der Waals surface area contributed by atoms with Gasteiger partial charge in [-0.3, -0.25) is 14.8 Å². The van der Waals surface area contributed by atoms with Crippen molar-refractivity contribution < 1.29 is 24.3 Å². The number of benzene rings is 1. The SMILES string of the molecule is CCOCOC[C@H](C[C@H](Cc1ccccc1)C(=O)NO)NC(=O)C1CCCC1. The molecule has 2 atom stereocenters. The molecule has 28 heavy (non-hydrogen) atoms. The van der Waals surface area contributed by atoms with E-state index in [0.717, 1.165) is 31.2 Å². The molecule has 7 nitrogen and oxygen atoms in total. The molecule has 0 heterocycles. The topological polar surface area (TPSA) is 96.9 Å². The van der Waals surface area contributed by atoms with Crippen molar-refractivity contribution in [2.24, 2.45) is 11.8 Å². The van der Waals surface area contributed by atoms with E-state index in [1.54, 1.807) is 5.48 Å². The van der Waals surface area contributed by atoms with Gasteiger partial charge in [-0.2, -0.15) is 0 Å². The number of hydrogen-bond donors (Lipinski definition) is 3. The summed E-state index contributed by atoms with van der Waals surface area (Å²) >= 11 is 0. The average Bonchev–Trinajstić information content (AvgIpc) is 3.25. The zero-order chi connectivity index (χ0) is 20.2. The molecule has 156 valence electrons. The van der Waals surface area contributed by atoms with Gasteiger partial charge in [0.15, 0.2) is 0 Å². The first-order valence-electron chi connectivity index (χ1n) is 10.1. The van der Waals surface area contributed by atoms with Gasteiger partial charge in [0.2, 0.25) is 11.8 Å². The molecular formula is C21H32N2O5. The second-order valence-corrected chi connectivity index (χ2v) is 7.27. The molecule has 1 aromatic carbocycles. The van der Waals surface area contributed by atoms with Crippen LogP contribution in [-0.2, 0) is 25.5 Å². The Hall–Kier alpha value is -1.96. The Kier molecular flexibility index (Phi) is 9.96. The summed E-state index contributed by atoms with van der Waals surface area (Å²) in [6.45, 7) is 2.82. The molecular weight excluding hydrogens is 360 g/mol. The van der Waals surface area contributed by atoms with Gasteiger partial charge in [0.05, 0.1) is 12.6 Å². The fourth-order valence-corrected chi connectivity index (χ4v) is 3.62. The molecule has 0 saturated heterocycles. The molecule has 0 unspecified atom stereocenters. The Morgan fingerprint density at radius 2 is 1.89 bits per heavy atom. The number of carbonyl (C=O) groups excluding carboxylic acids is 2. The predicted molar refractivity (Wildman–Crippen MR) is 105 cm³/mol. The lowest BCUT2D eigenvalue weighted by Crippen LogP contribution is -2.44. The van der Waals surface area contributed by atoms with Crippen LogP contribution in [0.4, 0.5) is 0 Å². The predicted octanol–water partition coefficient (Wildman–Crippen LogP) is 2.43. The Bertz CT molecular complexity index is 590. The Morgan fingerprint density at radius 1 is 1.18 bits per heavy atom. The van der Waals surface area contributed by atoms with E-state index in [1.807, 2.05) is 37.3 Å². The van der Waals surface area contributed by atoms with Crippen LogP contribution in [0.5, 0.6) is 0 Å². The number of hydrogen-bond acceptors (Lipinski definition) is 5. The summed E-state index contributed by atoms with van der Waals surface area (Å²) in [6.07, 6.45) is 4.80. The summed E-state index contributed by atoms with van der Waals surface area (Å²) < 4.78 is 10.7. The summed E-state index contributed by atoms with van der Waals surface area (Å²) in [5, 5.41) is 12.2. The summed E-state index contributed by atoms with van der Waals surface area (Å²) in [5.41, 5.74) is 2.75. The molecule has 1 saturated carbocycles. The van der Waals surface area contributed by atoms with Crippen molar-refractivity contribution in [2.45, 2.75) is 51.5 Å². The van der Waals surface area contributed by atoms with Crippen LogP contribution in [0, 0.1) is 11.8 Å². The van der Waals surface area contributed by atoms with Gasteiger partial charge < -0.3 is 14.8 Å². The molecule has 3 N–H and O–H groups in total. The van der Waals surface area contributed by atoms with Crippen LogP contribution >= 0.6 is 0 Å². The van der Waals surface area contributed by atoms with Crippen molar-refractivity contribution in [3.63, 3.8) is 0 Å². The minimum Gasteiger partial charge on any atom is -0.356 e. The molecule has 1 fully saturated rings. The van der Waals surface area contributed by atoms with E-state index < -0.39 is 11.8 Å². The number of hydroxylamine groups is 1. The fraction of sp³-hybridized carbons (Fsp3) is 0.619. The standard InChI is InChI=1S/C21H32N2O5/c1-2-27-15-28-14-19(22-20(24)17-10-6-7-11-17)13-18(21(25)23-26)12-16-8-4-3-5-9-16/h3-5,8-9,17-19,26H,2,6-7,10-15H2,1H3,(H,22,24)(H,23,25)/t18-,19-/m0/s1. The Labute approximate surface area is 166 Å². The molecule has 0 bridgehead atoms. The molecule has 0 aliphatic heterocycles. The quantitative estimate of drug-likeness (QED) is 0.220. The number of ether oxygens (including phenoxy) is 2. The lowest BCUT2D eigenvalue weighted by molar-refractivity contribution is -0.135. The number of rotatable bonds is 12. The largest absolute Gasteiger partial charge is 0.356 e. The molecule has 0 spiro atoms. The zero-order valence-electron chi connectivity index (χ0n) is 16.6. The summed E-state index contributed by atoms with van der Waals surface area (Å²) in [5.74, 6) is -0.898. The molecule has 1 aromatic rings. The van der Waals surface area contributed by atoms with Crippen molar-refractivity contribution in [3.8, 4) is 0 Å². The van der Waals surface area contributed by atoms with Gasteiger partial charge in [0, 0.05) is 18.4 Å². The Morgan fingerprint density at radius 3 is 2.54 bits per heavy atom. The van der Waals surface area contributed by atoms with Crippen molar-refractivity contribution in [1.29, 1.82) is 0 Å². The second-order valence-electron chi connectivity index (χ2n) is 7.27. The van der Waals surface area contributed by atoms with E-state index in [-0.39, 0.29) is 31.3 Å². The third kappa shape index (κ3) is 7.58. The van der Waals surface area contributed by atoms with Gasteiger partial charge >= 0.3 is 0 Å². The summed E-state index contributed by atoms with van der Waals surface area (Å²) in [4.78, 5) is 24.8. The maximum absolute atomic E-state index is 12.6. The Balaban J connectivity index is 2.01. The molecule has 2 amide bonds. The monoisotopic (exact) mass is 392 g/mol. The highest BCUT2D eigenvalue weighted by molar-refractivity contribution is 5.80. The van der Waals surface area contributed by atoms with E-state index in [1.165, 1.54) is 0 Å². The molecule has 2 rings (SSSR count). The summed E-state index contributed by atoms with van der Waals surface area (Å²) in [6, 6.07) is 9.28. The third-order valence-corrected chi connectivity index (χ3v) is 5.14. The van der Waals surface area contributed by atoms with Gasteiger partial charge in [-0.1, -0.05) is 43.2 Å². The molecule has 1 aliphatic carbocycles. The highest BCUT2D eigenvalue weighted by Crippen LogP contribution is 2.25. The van der Waals surface area contributed by atoms with E-state index in [0.29, 0.717) is 19.4 Å². The first-order chi connectivity index (χ1) is 13.6. The lowest BCUT2D eigenvalue weighted by Gasteiger charge is -2.25. The van der Waals surface area contributed by atoms with Gasteiger partial charge in [-0.15, -0.1) is 0 Å². The van der Waals surface area contributed by atoms with Crippen molar-refractivity contribution in [3.05, 3.63) is 35.9 Å². The molecule has 7 heteroatoms. The van der Waals surface area contributed by atoms with E-state index in [2.05, 4.69) is 5.32 Å². The van der Waals surface area contributed by atoms with Gasteiger partial charge in [-0.05, 0) is 38.2 Å². The van der Waals surface area contributed by atoms with E-state index >= 15 is 0 Å². The minimum absolute atomic E-state index is 0.0189. The van der Waals surface area contributed by atoms with Crippen LogP contribution in [0.2, 0.25) is 0 Å². The van der Waals surface area contributed by atoms with E-state index in [9.17, 15) is 9.59 Å². The first kappa shape index (κ1) is 22.3. The maximum atomic E-state index is 12.6. The molecule has 1 aliphatic rings. The van der Waals surface area contributed by atoms with E-state index in [4.69, 9.17) is 14.7 Å². The van der Waals surface area contributed by atoms with Crippen LogP contribution in [0.1, 0.15) is 44.6 Å². The highest BCUT2D eigenvalue weighted by Gasteiger charge is 2.28. The average molecular weight is 392 g/mol. The number of nitrogens with one attached hydrogen (secondary N) is 2. The number of carbonyl (C=O) groups is 2. The maximum Gasteiger partial charge on any atom is 0.246 e. The van der Waals surface area contributed by atoms with Crippen LogP contribution in [0.25, 0.3) is 0 Å². The third-order valence-electron chi connectivity index (χ3n) is 5.14. The van der Waals surface area contributed by atoms with Crippen molar-refractivity contribution in [2.75, 3.05) is 20.0 Å². The van der Waals surface area contributed by atoms with Crippen molar-refractivity contribution in [1.82, 2.24) is 10.8 Å². The van der Waals surface area contributed by atoms with Crippen LogP contribution in [-0.4, -0.2) is 43.1 Å². The smallest absolute Gasteiger partial charge is 0.246 e. The highest BCUT2D eigenvalue weighted by atomic mass is 16.7. The first-order valence-corrected chi connectivity index (χ1v) is 10.1. The minimum atomic E-state index is -0.489. The fourth-order valence-electron chi connectivity index (χ4n) is 3.62. The lowest BCUT2D eigenvalue weighted by atomic mass is 9.92.